The molecule has 17 heavy (non-hydrogen) atoms. The van der Waals surface area contributed by atoms with Gasteiger partial charge in [-0.05, 0) is 18.9 Å². The van der Waals surface area contributed by atoms with Crippen LogP contribution in [-0.4, -0.2) is 10.5 Å². The van der Waals surface area contributed by atoms with Crippen LogP contribution in [0, 0.1) is 5.92 Å². The Labute approximate surface area is 98.8 Å². The van der Waals surface area contributed by atoms with Gasteiger partial charge in [0.2, 0.25) is 0 Å². The van der Waals surface area contributed by atoms with E-state index in [2.05, 4.69) is 0 Å². The van der Waals surface area contributed by atoms with Crippen LogP contribution in [0.3, 0.4) is 0 Å². The first kappa shape index (κ1) is 11.6. The molecule has 0 aliphatic heterocycles. The quantitative estimate of drug-likeness (QED) is 0.765. The van der Waals surface area contributed by atoms with Gasteiger partial charge in [-0.2, -0.15) is 0 Å². The molecule has 90 valence electrons. The molecule has 0 atom stereocenters. The van der Waals surface area contributed by atoms with Gasteiger partial charge in [0.25, 0.3) is 0 Å². The molecule has 0 fully saturated rings. The van der Waals surface area contributed by atoms with Crippen molar-refractivity contribution >= 4 is 16.7 Å². The van der Waals surface area contributed by atoms with Crippen LogP contribution in [-0.2, 0) is 6.54 Å². The molecule has 1 aromatic carbocycles. The standard InChI is InChI=1S/C13H15NO3/c1-8(2)7-14-11-6-4-5-10(9(3)15)12(11)13(16)17-14/h4-6,8H,7H2,1-3H3. The summed E-state index contributed by atoms with van der Waals surface area (Å²) in [4.78, 5) is 23.2. The predicted molar refractivity (Wildman–Crippen MR) is 65.3 cm³/mol. The number of hydrogen-bond acceptors (Lipinski definition) is 3. The maximum atomic E-state index is 11.8. The average Bonchev–Trinajstić information content (AvgIpc) is 2.55. The zero-order chi connectivity index (χ0) is 12.6. The first-order valence-electron chi connectivity index (χ1n) is 5.64. The number of hydrogen-bond donors (Lipinski definition) is 0. The first-order valence-corrected chi connectivity index (χ1v) is 5.64. The van der Waals surface area contributed by atoms with Crippen molar-refractivity contribution in [2.24, 2.45) is 5.92 Å². The van der Waals surface area contributed by atoms with E-state index in [4.69, 9.17) is 4.52 Å². The number of carbonyl (C=O) groups excluding carboxylic acids is 1. The van der Waals surface area contributed by atoms with Crippen molar-refractivity contribution < 1.29 is 9.32 Å². The summed E-state index contributed by atoms with van der Waals surface area (Å²) in [6, 6.07) is 5.22. The molecule has 0 saturated heterocycles. The predicted octanol–water partition coefficient (Wildman–Crippen LogP) is 2.45. The van der Waals surface area contributed by atoms with E-state index in [0.717, 1.165) is 0 Å². The summed E-state index contributed by atoms with van der Waals surface area (Å²) in [5.41, 5.74) is 0.682. The number of nitrogens with zero attached hydrogens (tertiary/aromatic N) is 1. The monoisotopic (exact) mass is 233 g/mol. The van der Waals surface area contributed by atoms with E-state index in [9.17, 15) is 9.59 Å². The molecule has 0 amide bonds. The number of benzene rings is 1. The third-order valence-corrected chi connectivity index (χ3v) is 2.62. The van der Waals surface area contributed by atoms with Crippen LogP contribution in [0.1, 0.15) is 31.1 Å². The van der Waals surface area contributed by atoms with Crippen molar-refractivity contribution in [3.8, 4) is 0 Å². The maximum absolute atomic E-state index is 11.8. The zero-order valence-electron chi connectivity index (χ0n) is 10.2. The molecule has 0 aliphatic carbocycles. The Morgan fingerprint density at radius 1 is 1.41 bits per heavy atom. The molecule has 4 heteroatoms. The molecule has 1 aromatic heterocycles. The average molecular weight is 233 g/mol. The lowest BCUT2D eigenvalue weighted by atomic mass is 10.1. The minimum atomic E-state index is -0.438. The molecular weight excluding hydrogens is 218 g/mol. The lowest BCUT2D eigenvalue weighted by Gasteiger charge is -2.05. The molecule has 0 saturated carbocycles. The summed E-state index contributed by atoms with van der Waals surface area (Å²) in [5.74, 6) is 0.250. The Hall–Kier alpha value is -1.84. The Bertz CT molecular complexity index is 619. The Kier molecular flexibility index (Phi) is 2.88. The van der Waals surface area contributed by atoms with Crippen molar-refractivity contribution in [1.82, 2.24) is 4.74 Å². The highest BCUT2D eigenvalue weighted by atomic mass is 16.5. The van der Waals surface area contributed by atoms with E-state index >= 15 is 0 Å². The zero-order valence-corrected chi connectivity index (χ0v) is 10.2. The van der Waals surface area contributed by atoms with E-state index in [-0.39, 0.29) is 5.78 Å². The largest absolute Gasteiger partial charge is 0.366 e. The molecule has 0 radical (unpaired) electrons. The number of aromatic nitrogens is 1. The first-order chi connectivity index (χ1) is 8.00. The maximum Gasteiger partial charge on any atom is 0.366 e. The fourth-order valence-electron chi connectivity index (χ4n) is 1.92. The second-order valence-electron chi connectivity index (χ2n) is 4.59. The van der Waals surface area contributed by atoms with Gasteiger partial charge in [0.15, 0.2) is 5.78 Å². The third kappa shape index (κ3) is 2.02. The lowest BCUT2D eigenvalue weighted by Crippen LogP contribution is -2.03. The fraction of sp³-hybridized carbons (Fsp3) is 0.385. The number of Topliss-reactive ketones (excluding diaryl/α,β-unsaturated/α-hetero) is 1. The summed E-state index contributed by atoms with van der Waals surface area (Å²) >= 11 is 0. The molecule has 0 unspecified atom stereocenters. The number of rotatable bonds is 3. The summed E-state index contributed by atoms with van der Waals surface area (Å²) in [6.07, 6.45) is 0. The second-order valence-corrected chi connectivity index (χ2v) is 4.59. The van der Waals surface area contributed by atoms with Gasteiger partial charge in [-0.3, -0.25) is 4.79 Å². The lowest BCUT2D eigenvalue weighted by molar-refractivity contribution is 0.101. The molecule has 0 spiro atoms. The van der Waals surface area contributed by atoms with Gasteiger partial charge in [-0.15, -0.1) is 0 Å². The molecule has 0 aliphatic rings. The van der Waals surface area contributed by atoms with Gasteiger partial charge in [0, 0.05) is 5.56 Å². The fourth-order valence-corrected chi connectivity index (χ4v) is 1.92. The van der Waals surface area contributed by atoms with E-state index in [1.54, 1.807) is 22.9 Å². The minimum absolute atomic E-state index is 0.120. The van der Waals surface area contributed by atoms with Crippen LogP contribution < -0.4 is 5.63 Å². The SMILES string of the molecule is CC(=O)c1cccc2c1c(=O)on2CC(C)C. The van der Waals surface area contributed by atoms with Crippen molar-refractivity contribution in [2.45, 2.75) is 27.3 Å². The van der Waals surface area contributed by atoms with Gasteiger partial charge in [-0.1, -0.05) is 26.0 Å². The van der Waals surface area contributed by atoms with Crippen molar-refractivity contribution in [1.29, 1.82) is 0 Å². The van der Waals surface area contributed by atoms with Gasteiger partial charge in [0.05, 0.1) is 17.4 Å². The number of fused-ring (bicyclic) bond motifs is 1. The summed E-state index contributed by atoms with van der Waals surface area (Å²) < 4.78 is 6.74. The summed E-state index contributed by atoms with van der Waals surface area (Å²) in [5, 5.41) is 0.389. The van der Waals surface area contributed by atoms with Gasteiger partial charge in [-0.25, -0.2) is 9.53 Å². The smallest absolute Gasteiger partial charge is 0.335 e. The Morgan fingerprint density at radius 3 is 2.71 bits per heavy atom. The van der Waals surface area contributed by atoms with Crippen molar-refractivity contribution in [3.63, 3.8) is 0 Å². The summed E-state index contributed by atoms with van der Waals surface area (Å²) in [7, 11) is 0. The topological polar surface area (TPSA) is 52.2 Å². The summed E-state index contributed by atoms with van der Waals surface area (Å²) in [6.45, 7) is 6.16. The highest BCUT2D eigenvalue weighted by Crippen LogP contribution is 2.17. The van der Waals surface area contributed by atoms with Gasteiger partial charge < -0.3 is 4.52 Å². The van der Waals surface area contributed by atoms with Crippen LogP contribution in [0.25, 0.3) is 10.9 Å². The van der Waals surface area contributed by atoms with E-state index in [1.165, 1.54) is 6.92 Å². The highest BCUT2D eigenvalue weighted by molar-refractivity contribution is 6.05. The van der Waals surface area contributed by atoms with Crippen molar-refractivity contribution in [2.75, 3.05) is 0 Å². The van der Waals surface area contributed by atoms with Crippen LogP contribution in [0.15, 0.2) is 27.5 Å². The van der Waals surface area contributed by atoms with E-state index in [0.29, 0.717) is 28.9 Å². The second kappa shape index (κ2) is 4.20. The Balaban J connectivity index is 2.72. The number of ketones is 1. The molecule has 0 N–H and O–H groups in total. The van der Waals surface area contributed by atoms with Gasteiger partial charge >= 0.3 is 5.63 Å². The normalized spacial score (nSPS) is 11.3. The van der Waals surface area contributed by atoms with Crippen LogP contribution in [0.2, 0.25) is 0 Å². The van der Waals surface area contributed by atoms with E-state index < -0.39 is 5.63 Å². The molecule has 0 bridgehead atoms. The molecular formula is C13H15NO3. The van der Waals surface area contributed by atoms with Gasteiger partial charge in [0.1, 0.15) is 0 Å². The number of carbonyl (C=O) groups is 1. The molecule has 2 rings (SSSR count). The molecule has 1 heterocycles. The van der Waals surface area contributed by atoms with Crippen LogP contribution >= 0.6 is 0 Å². The minimum Gasteiger partial charge on any atom is -0.335 e. The highest BCUT2D eigenvalue weighted by Gasteiger charge is 2.15. The van der Waals surface area contributed by atoms with Crippen LogP contribution in [0.5, 0.6) is 0 Å². The van der Waals surface area contributed by atoms with E-state index in [1.807, 2.05) is 13.8 Å². The molecule has 4 nitrogen and oxygen atoms in total. The Morgan fingerprint density at radius 2 is 2.12 bits per heavy atom. The molecule has 2 aromatic rings. The third-order valence-electron chi connectivity index (χ3n) is 2.62. The van der Waals surface area contributed by atoms with Crippen molar-refractivity contribution in [3.05, 3.63) is 34.2 Å². The van der Waals surface area contributed by atoms with Crippen LogP contribution in [0.4, 0.5) is 0 Å².